The average Bonchev–Trinajstić information content (AvgIpc) is 2.52. The second-order valence-electron chi connectivity index (χ2n) is 7.61. The molecule has 0 bridgehead atoms. The van der Waals surface area contributed by atoms with Gasteiger partial charge in [0.1, 0.15) is 29.1 Å². The predicted molar refractivity (Wildman–Crippen MR) is 107 cm³/mol. The standard InChI is InChI=1S/C12H32N4O12P4.Sm/c17-29(18,19)9-13-1-2-14(10-30(20,21)22)5-6-16(12-32(26,27)28)8-7-15(4-3-13)11-31(23,24)25;/h1-12H2,(H2,17,18,19)(H2,20,21,22)(H2,23,24,25)(H2,26,27,28);/q;+3/p-3. The summed E-state index contributed by atoms with van der Waals surface area (Å²) in [6, 6.07) is 0. The van der Waals surface area contributed by atoms with E-state index in [0.717, 1.165) is 0 Å². The topological polar surface area (TPSA) is 252 Å². The van der Waals surface area contributed by atoms with Crippen LogP contribution in [0.4, 0.5) is 0 Å². The van der Waals surface area contributed by atoms with Crippen molar-refractivity contribution >= 4 is 30.4 Å². The molecule has 1 fully saturated rings. The number of nitrogens with zero attached hydrogens (tertiary/aromatic N) is 4. The van der Waals surface area contributed by atoms with Crippen LogP contribution in [0.5, 0.6) is 0 Å². The van der Waals surface area contributed by atoms with Gasteiger partial charge in [0.15, 0.2) is 0 Å². The molecule has 0 spiro atoms. The summed E-state index contributed by atoms with van der Waals surface area (Å²) < 4.78 is 45.5. The fourth-order valence-electron chi connectivity index (χ4n) is 3.16. The first-order valence-electron chi connectivity index (χ1n) is 9.34. The third kappa shape index (κ3) is 19.5. The van der Waals surface area contributed by atoms with Crippen molar-refractivity contribution in [3.63, 3.8) is 0 Å². The molecular weight excluding hydrogens is 666 g/mol. The minimum atomic E-state index is -4.75. The maximum atomic E-state index is 11.4. The molecule has 1 heterocycles. The fraction of sp³-hybridized carbons (Fsp3) is 1.00. The smallest absolute Gasteiger partial charge is 0.778 e. The van der Waals surface area contributed by atoms with Gasteiger partial charge in [-0.25, -0.2) is 0 Å². The zero-order chi connectivity index (χ0) is 24.8. The van der Waals surface area contributed by atoms with E-state index in [1.165, 1.54) is 19.6 Å². The Morgan fingerprint density at radius 2 is 0.667 bits per heavy atom. The minimum Gasteiger partial charge on any atom is -0.778 e. The van der Waals surface area contributed by atoms with Crippen molar-refractivity contribution in [2.75, 3.05) is 77.5 Å². The molecular formula is C12H29N4O12P4Sm. The normalized spacial score (nSPS) is 25.0. The van der Waals surface area contributed by atoms with Gasteiger partial charge in [0.25, 0.3) is 0 Å². The van der Waals surface area contributed by atoms with Crippen molar-refractivity contribution in [1.82, 2.24) is 19.6 Å². The van der Waals surface area contributed by atoms with Crippen LogP contribution in [0.15, 0.2) is 0 Å². The summed E-state index contributed by atoms with van der Waals surface area (Å²) in [5, 5.41) is 0. The first kappa shape index (κ1) is 34.8. The summed E-state index contributed by atoms with van der Waals surface area (Å²) in [6.45, 7) is -0.627. The molecule has 0 aromatic carbocycles. The summed E-state index contributed by atoms with van der Waals surface area (Å²) in [4.78, 5) is 85.2. The molecule has 21 heteroatoms. The van der Waals surface area contributed by atoms with Crippen molar-refractivity contribution in [2.45, 2.75) is 0 Å². The molecule has 33 heavy (non-hydrogen) atoms. The number of rotatable bonds is 8. The molecule has 1 radical (unpaired) electrons. The zero-order valence-corrected chi connectivity index (χ0v) is 23.8. The molecule has 3 atom stereocenters. The van der Waals surface area contributed by atoms with E-state index in [4.69, 9.17) is 0 Å². The van der Waals surface area contributed by atoms with Gasteiger partial charge in [-0.3, -0.25) is 24.2 Å². The van der Waals surface area contributed by atoms with Crippen LogP contribution in [-0.2, 0) is 18.3 Å². The van der Waals surface area contributed by atoms with Gasteiger partial charge >= 0.3 is 48.0 Å². The second kappa shape index (κ2) is 14.6. The van der Waals surface area contributed by atoms with Gasteiger partial charge in [-0.05, 0) is 0 Å². The van der Waals surface area contributed by atoms with E-state index in [0.29, 0.717) is 0 Å². The van der Waals surface area contributed by atoms with Gasteiger partial charge in [0.05, 0.1) is 18.9 Å². The molecule has 3 unspecified atom stereocenters. The summed E-state index contributed by atoms with van der Waals surface area (Å²) in [6.07, 6.45) is -3.04. The summed E-state index contributed by atoms with van der Waals surface area (Å²) in [5.74, 6) is 0. The van der Waals surface area contributed by atoms with Crippen LogP contribution in [0.2, 0.25) is 0 Å². The molecule has 1 aliphatic rings. The molecule has 16 nitrogen and oxygen atoms in total. The van der Waals surface area contributed by atoms with Crippen LogP contribution in [0.3, 0.4) is 0 Å². The van der Waals surface area contributed by atoms with E-state index < -0.39 is 55.5 Å². The zero-order valence-electron chi connectivity index (χ0n) is 17.6. The molecule has 1 aliphatic heterocycles. The van der Waals surface area contributed by atoms with Crippen molar-refractivity contribution in [2.24, 2.45) is 0 Å². The van der Waals surface area contributed by atoms with Crippen molar-refractivity contribution < 1.29 is 97.8 Å². The van der Waals surface area contributed by atoms with Gasteiger partial charge in [-0.1, -0.05) is 0 Å². The molecule has 1 rings (SSSR count). The summed E-state index contributed by atoms with van der Waals surface area (Å²) in [7, 11) is -18.8. The van der Waals surface area contributed by atoms with Crippen molar-refractivity contribution in [3.05, 3.63) is 0 Å². The Balaban J connectivity index is 0.0000102. The largest absolute Gasteiger partial charge is 3.00 e. The molecule has 5 N–H and O–H groups in total. The SMILES string of the molecule is O=P([O-])(O)CN1CCN(CP(=O)([O-])O)CCN(CP(=O)(O)O)CCN(CP(=O)([O-])O)CC1.[Sm+3]. The molecule has 195 valence electrons. The van der Waals surface area contributed by atoms with E-state index in [1.807, 2.05) is 0 Å². The fourth-order valence-corrected chi connectivity index (χ4v) is 6.33. The third-order valence-electron chi connectivity index (χ3n) is 4.45. The van der Waals surface area contributed by atoms with E-state index in [9.17, 15) is 57.4 Å². The van der Waals surface area contributed by atoms with Crippen LogP contribution in [0, 0.1) is 40.4 Å². The first-order valence-corrected chi connectivity index (χ1v) is 16.4. The van der Waals surface area contributed by atoms with Gasteiger partial charge in [-0.2, -0.15) is 0 Å². The van der Waals surface area contributed by atoms with E-state index in [2.05, 4.69) is 0 Å². The molecule has 0 saturated carbocycles. The maximum Gasteiger partial charge on any atom is 3.00 e. The van der Waals surface area contributed by atoms with Crippen LogP contribution in [0.25, 0.3) is 0 Å². The Labute approximate surface area is 224 Å². The Morgan fingerprint density at radius 3 is 0.818 bits per heavy atom. The Bertz CT molecular complexity index is 640. The van der Waals surface area contributed by atoms with E-state index in [-0.39, 0.29) is 92.7 Å². The van der Waals surface area contributed by atoms with Gasteiger partial charge in [-0.15, -0.1) is 0 Å². The summed E-state index contributed by atoms with van der Waals surface area (Å²) in [5.41, 5.74) is 0. The van der Waals surface area contributed by atoms with E-state index >= 15 is 0 Å². The van der Waals surface area contributed by atoms with E-state index in [1.54, 1.807) is 0 Å². The minimum absolute atomic E-state index is 0. The van der Waals surface area contributed by atoms with Gasteiger partial charge < -0.3 is 52.8 Å². The maximum absolute atomic E-state index is 11.4. The Hall–Kier alpha value is 1.78. The summed E-state index contributed by atoms with van der Waals surface area (Å²) >= 11 is 0. The third-order valence-corrected chi connectivity index (χ3v) is 7.49. The van der Waals surface area contributed by atoms with Gasteiger partial charge in [0.2, 0.25) is 0 Å². The Kier molecular flexibility index (Phi) is 15.4. The van der Waals surface area contributed by atoms with Crippen LogP contribution in [0.1, 0.15) is 0 Å². The predicted octanol–water partition coefficient (Wildman–Crippen LogP) is -4.15. The second-order valence-corrected chi connectivity index (χ2v) is 13.9. The van der Waals surface area contributed by atoms with Crippen molar-refractivity contribution in [3.8, 4) is 0 Å². The van der Waals surface area contributed by atoms with Gasteiger partial charge in [0, 0.05) is 52.4 Å². The van der Waals surface area contributed by atoms with Crippen molar-refractivity contribution in [1.29, 1.82) is 0 Å². The van der Waals surface area contributed by atoms with Crippen LogP contribution in [-0.4, -0.2) is 122 Å². The Morgan fingerprint density at radius 1 is 0.485 bits per heavy atom. The quantitative estimate of drug-likeness (QED) is 0.151. The number of hydrogen-bond donors (Lipinski definition) is 5. The number of hydrogen-bond acceptors (Lipinski definition) is 11. The molecule has 0 aromatic rings. The molecule has 0 amide bonds. The van der Waals surface area contributed by atoms with Crippen LogP contribution >= 0.6 is 30.4 Å². The van der Waals surface area contributed by atoms with Crippen LogP contribution < -0.4 is 14.7 Å². The monoisotopic (exact) mass is 697 g/mol. The first-order chi connectivity index (χ1) is 14.3. The molecule has 0 aromatic heterocycles. The molecule has 0 aliphatic carbocycles. The average molecular weight is 696 g/mol. The molecule has 1 saturated heterocycles.